The van der Waals surface area contributed by atoms with E-state index in [2.05, 4.69) is 0 Å². The minimum atomic E-state index is -0.382. The van der Waals surface area contributed by atoms with E-state index < -0.39 is 0 Å². The molecule has 1 heterocycles. The summed E-state index contributed by atoms with van der Waals surface area (Å²) < 4.78 is 10.5. The molecule has 0 aliphatic carbocycles. The summed E-state index contributed by atoms with van der Waals surface area (Å²) >= 11 is 1.34. The molecular formula is C16H19NO3S. The molecule has 0 atom stereocenters. The predicted octanol–water partition coefficient (Wildman–Crippen LogP) is 3.88. The largest absolute Gasteiger partial charge is 0.496 e. The van der Waals surface area contributed by atoms with E-state index in [1.165, 1.54) is 11.3 Å². The van der Waals surface area contributed by atoms with Crippen molar-refractivity contribution in [1.29, 1.82) is 0 Å². The number of carbonyl (C=O) groups excluding carboxylic acids is 1. The molecule has 1 aromatic carbocycles. The van der Waals surface area contributed by atoms with Gasteiger partial charge in [-0.05, 0) is 44.0 Å². The maximum Gasteiger partial charge on any atom is 0.342 e. The lowest BCUT2D eigenvalue weighted by Crippen LogP contribution is -2.13. The number of benzene rings is 1. The van der Waals surface area contributed by atoms with Gasteiger partial charge in [-0.3, -0.25) is 0 Å². The molecule has 0 aliphatic rings. The second kappa shape index (κ2) is 6.18. The lowest BCUT2D eigenvalue weighted by Gasteiger charge is -2.11. The molecule has 0 saturated carbocycles. The molecule has 0 unspecified atom stereocenters. The fourth-order valence-electron chi connectivity index (χ4n) is 2.11. The first-order valence-electron chi connectivity index (χ1n) is 6.67. The van der Waals surface area contributed by atoms with Crippen LogP contribution >= 0.6 is 11.3 Å². The standard InChI is InChI=1S/C16H19NO3S/c1-9(2)20-16(18)14-12(8-21-15(14)17)11-5-6-13(19-4)10(3)7-11/h5-9H,17H2,1-4H3. The number of ether oxygens (including phenoxy) is 2. The van der Waals surface area contributed by atoms with Gasteiger partial charge in [0.2, 0.25) is 0 Å². The fraction of sp³-hybridized carbons (Fsp3) is 0.312. The van der Waals surface area contributed by atoms with Crippen LogP contribution in [0.25, 0.3) is 11.1 Å². The Labute approximate surface area is 128 Å². The number of hydrogen-bond donors (Lipinski definition) is 1. The van der Waals surface area contributed by atoms with Crippen LogP contribution in [0.15, 0.2) is 23.6 Å². The first-order chi connectivity index (χ1) is 9.93. The molecule has 21 heavy (non-hydrogen) atoms. The lowest BCUT2D eigenvalue weighted by molar-refractivity contribution is 0.0380. The Kier molecular flexibility index (Phi) is 4.53. The first-order valence-corrected chi connectivity index (χ1v) is 7.55. The number of methoxy groups -OCH3 is 1. The molecule has 2 N–H and O–H groups in total. The van der Waals surface area contributed by atoms with Crippen molar-refractivity contribution in [3.05, 3.63) is 34.7 Å². The predicted molar refractivity (Wildman–Crippen MR) is 86.0 cm³/mol. The van der Waals surface area contributed by atoms with Crippen LogP contribution in [0.4, 0.5) is 5.00 Å². The SMILES string of the molecule is COc1ccc(-c2csc(N)c2C(=O)OC(C)C)cc1C. The van der Waals surface area contributed by atoms with Gasteiger partial charge in [-0.15, -0.1) is 11.3 Å². The number of anilines is 1. The highest BCUT2D eigenvalue weighted by atomic mass is 32.1. The van der Waals surface area contributed by atoms with E-state index in [9.17, 15) is 4.79 Å². The molecule has 0 fully saturated rings. The molecule has 5 heteroatoms. The van der Waals surface area contributed by atoms with Crippen LogP contribution in [0, 0.1) is 6.92 Å². The van der Waals surface area contributed by atoms with Gasteiger partial charge < -0.3 is 15.2 Å². The van der Waals surface area contributed by atoms with Crippen LogP contribution in [0.5, 0.6) is 5.75 Å². The Morgan fingerprint density at radius 2 is 2.05 bits per heavy atom. The zero-order valence-corrected chi connectivity index (χ0v) is 13.4. The third-order valence-corrected chi connectivity index (χ3v) is 3.88. The zero-order chi connectivity index (χ0) is 15.6. The van der Waals surface area contributed by atoms with Gasteiger partial charge in [0.05, 0.1) is 13.2 Å². The van der Waals surface area contributed by atoms with Crippen molar-refractivity contribution in [2.24, 2.45) is 0 Å². The molecule has 0 radical (unpaired) electrons. The van der Waals surface area contributed by atoms with Gasteiger partial charge in [-0.2, -0.15) is 0 Å². The quantitative estimate of drug-likeness (QED) is 0.871. The van der Waals surface area contributed by atoms with Crippen molar-refractivity contribution in [2.75, 3.05) is 12.8 Å². The average Bonchev–Trinajstić information content (AvgIpc) is 2.79. The fourth-order valence-corrected chi connectivity index (χ4v) is 2.92. The smallest absolute Gasteiger partial charge is 0.342 e. The van der Waals surface area contributed by atoms with Crippen molar-refractivity contribution >= 4 is 22.3 Å². The summed E-state index contributed by atoms with van der Waals surface area (Å²) in [6.07, 6.45) is -0.178. The van der Waals surface area contributed by atoms with Gasteiger partial charge in [0.15, 0.2) is 0 Å². The second-order valence-electron chi connectivity index (χ2n) is 5.03. The Morgan fingerprint density at radius 1 is 1.33 bits per heavy atom. The number of hydrogen-bond acceptors (Lipinski definition) is 5. The first kappa shape index (κ1) is 15.4. The Hall–Kier alpha value is -2.01. The van der Waals surface area contributed by atoms with Gasteiger partial charge in [0.1, 0.15) is 16.3 Å². The van der Waals surface area contributed by atoms with Crippen LogP contribution in [0.1, 0.15) is 29.8 Å². The van der Waals surface area contributed by atoms with Crippen LogP contribution < -0.4 is 10.5 Å². The second-order valence-corrected chi connectivity index (χ2v) is 5.94. The molecule has 1 aromatic heterocycles. The summed E-state index contributed by atoms with van der Waals surface area (Å²) in [4.78, 5) is 12.2. The van der Waals surface area contributed by atoms with E-state index in [1.54, 1.807) is 7.11 Å². The molecule has 0 bridgehead atoms. The third-order valence-electron chi connectivity index (χ3n) is 3.07. The van der Waals surface area contributed by atoms with Gasteiger partial charge in [-0.25, -0.2) is 4.79 Å². The highest BCUT2D eigenvalue weighted by molar-refractivity contribution is 7.14. The van der Waals surface area contributed by atoms with Crippen molar-refractivity contribution in [3.8, 4) is 16.9 Å². The van der Waals surface area contributed by atoms with Gasteiger partial charge in [0.25, 0.3) is 0 Å². The van der Waals surface area contributed by atoms with Crippen molar-refractivity contribution in [3.63, 3.8) is 0 Å². The Bertz CT molecular complexity index is 662. The topological polar surface area (TPSA) is 61.5 Å². The number of thiophene rings is 1. The van der Waals surface area contributed by atoms with E-state index in [-0.39, 0.29) is 12.1 Å². The molecule has 0 amide bonds. The van der Waals surface area contributed by atoms with E-state index in [4.69, 9.17) is 15.2 Å². The monoisotopic (exact) mass is 305 g/mol. The molecule has 2 rings (SSSR count). The van der Waals surface area contributed by atoms with E-state index in [0.29, 0.717) is 10.6 Å². The van der Waals surface area contributed by atoms with Gasteiger partial charge >= 0.3 is 5.97 Å². The number of rotatable bonds is 4. The minimum absolute atomic E-state index is 0.178. The highest BCUT2D eigenvalue weighted by Crippen LogP contribution is 2.36. The van der Waals surface area contributed by atoms with Crippen LogP contribution in [-0.2, 0) is 4.74 Å². The number of nitrogens with two attached hydrogens (primary N) is 1. The number of nitrogen functional groups attached to an aromatic ring is 1. The van der Waals surface area contributed by atoms with Gasteiger partial charge in [0, 0.05) is 10.9 Å². The zero-order valence-electron chi connectivity index (χ0n) is 12.6. The summed E-state index contributed by atoms with van der Waals surface area (Å²) in [6, 6.07) is 5.78. The number of aryl methyl sites for hydroxylation is 1. The highest BCUT2D eigenvalue weighted by Gasteiger charge is 2.21. The minimum Gasteiger partial charge on any atom is -0.496 e. The average molecular weight is 305 g/mol. The Morgan fingerprint density at radius 3 is 2.62 bits per heavy atom. The van der Waals surface area contributed by atoms with E-state index >= 15 is 0 Å². The van der Waals surface area contributed by atoms with E-state index in [1.807, 2.05) is 44.4 Å². The maximum absolute atomic E-state index is 12.2. The molecule has 4 nitrogen and oxygen atoms in total. The molecule has 0 saturated heterocycles. The van der Waals surface area contributed by atoms with Crippen molar-refractivity contribution in [1.82, 2.24) is 0 Å². The van der Waals surface area contributed by atoms with Crippen molar-refractivity contribution < 1.29 is 14.3 Å². The normalized spacial score (nSPS) is 10.7. The number of esters is 1. The summed E-state index contributed by atoms with van der Waals surface area (Å²) in [7, 11) is 1.63. The summed E-state index contributed by atoms with van der Waals surface area (Å²) in [6.45, 7) is 5.60. The van der Waals surface area contributed by atoms with Crippen molar-refractivity contribution in [2.45, 2.75) is 26.9 Å². The Balaban J connectivity index is 2.45. The van der Waals surface area contributed by atoms with Crippen LogP contribution in [0.2, 0.25) is 0 Å². The van der Waals surface area contributed by atoms with E-state index in [0.717, 1.165) is 22.4 Å². The summed E-state index contributed by atoms with van der Waals surface area (Å²) in [5, 5.41) is 2.36. The lowest BCUT2D eigenvalue weighted by atomic mass is 10.0. The van der Waals surface area contributed by atoms with Gasteiger partial charge in [-0.1, -0.05) is 6.07 Å². The molecule has 2 aromatic rings. The molecule has 0 aliphatic heterocycles. The van der Waals surface area contributed by atoms with Crippen LogP contribution in [0.3, 0.4) is 0 Å². The third kappa shape index (κ3) is 3.19. The summed E-state index contributed by atoms with van der Waals surface area (Å²) in [5.41, 5.74) is 9.12. The maximum atomic E-state index is 12.2. The number of carbonyl (C=O) groups is 1. The van der Waals surface area contributed by atoms with Crippen LogP contribution in [-0.4, -0.2) is 19.2 Å². The molecule has 112 valence electrons. The molecular weight excluding hydrogens is 286 g/mol. The summed E-state index contributed by atoms with van der Waals surface area (Å²) in [5.74, 6) is 0.431. The molecule has 0 spiro atoms.